The first-order valence-corrected chi connectivity index (χ1v) is 7.46. The summed E-state index contributed by atoms with van der Waals surface area (Å²) in [6.45, 7) is 8.11. The molecule has 22 heavy (non-hydrogen) atoms. The number of nitrogens with zero attached hydrogens (tertiary/aromatic N) is 2. The number of aromatic nitrogens is 2. The number of carbonyl (C=O) groups excluding carboxylic acids is 1. The molecular weight excluding hydrogens is 276 g/mol. The van der Waals surface area contributed by atoms with E-state index in [1.54, 1.807) is 6.07 Å². The molecule has 0 bridgehead atoms. The van der Waals surface area contributed by atoms with Crippen LogP contribution in [-0.4, -0.2) is 21.9 Å². The molecule has 0 aliphatic heterocycles. The van der Waals surface area contributed by atoms with Gasteiger partial charge in [0.25, 0.3) is 5.91 Å². The number of para-hydroxylation sites is 1. The van der Waals surface area contributed by atoms with Gasteiger partial charge in [-0.15, -0.1) is 0 Å². The summed E-state index contributed by atoms with van der Waals surface area (Å²) >= 11 is 0. The number of amides is 1. The second-order valence-corrected chi connectivity index (χ2v) is 5.78. The molecule has 0 saturated heterocycles. The van der Waals surface area contributed by atoms with E-state index in [1.807, 2.05) is 32.0 Å². The molecule has 2 rings (SSSR count). The van der Waals surface area contributed by atoms with Gasteiger partial charge in [-0.1, -0.05) is 32.0 Å². The van der Waals surface area contributed by atoms with Gasteiger partial charge in [-0.05, 0) is 31.4 Å². The largest absolute Gasteiger partial charge is 0.349 e. The van der Waals surface area contributed by atoms with Crippen LogP contribution in [0.15, 0.2) is 36.7 Å². The van der Waals surface area contributed by atoms with Gasteiger partial charge in [0.2, 0.25) is 0 Å². The number of rotatable bonds is 5. The Bertz CT molecular complexity index is 653. The van der Waals surface area contributed by atoms with E-state index < -0.39 is 0 Å². The van der Waals surface area contributed by atoms with Crippen LogP contribution in [0.1, 0.15) is 49.7 Å². The fourth-order valence-electron chi connectivity index (χ4n) is 2.14. The zero-order valence-corrected chi connectivity index (χ0v) is 13.4. The summed E-state index contributed by atoms with van der Waals surface area (Å²) in [7, 11) is 0. The highest BCUT2D eigenvalue weighted by atomic mass is 16.1. The van der Waals surface area contributed by atoms with Crippen LogP contribution >= 0.6 is 0 Å². The predicted molar refractivity (Wildman–Crippen MR) is 88.4 cm³/mol. The van der Waals surface area contributed by atoms with Crippen molar-refractivity contribution in [2.45, 2.75) is 39.7 Å². The van der Waals surface area contributed by atoms with Crippen LogP contribution in [-0.2, 0) is 0 Å². The van der Waals surface area contributed by atoms with E-state index in [1.165, 1.54) is 11.9 Å². The summed E-state index contributed by atoms with van der Waals surface area (Å²) < 4.78 is 0. The van der Waals surface area contributed by atoms with Crippen LogP contribution in [0.4, 0.5) is 11.5 Å². The number of anilines is 2. The van der Waals surface area contributed by atoms with E-state index >= 15 is 0 Å². The highest BCUT2D eigenvalue weighted by Crippen LogP contribution is 2.26. The highest BCUT2D eigenvalue weighted by molar-refractivity contribution is 5.93. The Kier molecular flexibility index (Phi) is 5.09. The van der Waals surface area contributed by atoms with Crippen molar-refractivity contribution in [2.75, 3.05) is 5.32 Å². The Morgan fingerprint density at radius 2 is 1.82 bits per heavy atom. The maximum absolute atomic E-state index is 12.0. The zero-order valence-electron chi connectivity index (χ0n) is 13.4. The number of nitrogens with one attached hydrogen (secondary N) is 2. The SMILES string of the molecule is CC(C)NC(=O)c1cc(Nc2ccccc2C(C)C)ncn1. The van der Waals surface area contributed by atoms with E-state index in [9.17, 15) is 4.79 Å². The van der Waals surface area contributed by atoms with Gasteiger partial charge in [0.1, 0.15) is 17.8 Å². The summed E-state index contributed by atoms with van der Waals surface area (Å²) in [5.74, 6) is 0.809. The molecule has 0 fully saturated rings. The third-order valence-corrected chi connectivity index (χ3v) is 3.17. The van der Waals surface area contributed by atoms with Crippen LogP contribution in [0.5, 0.6) is 0 Å². The highest BCUT2D eigenvalue weighted by Gasteiger charge is 2.11. The van der Waals surface area contributed by atoms with Crippen molar-refractivity contribution in [2.24, 2.45) is 0 Å². The standard InChI is InChI=1S/C17H22N4O/c1-11(2)13-7-5-6-8-14(13)21-16-9-15(18-10-19-16)17(22)20-12(3)4/h5-12H,1-4H3,(H,20,22)(H,18,19,21). The number of carbonyl (C=O) groups is 1. The van der Waals surface area contributed by atoms with Gasteiger partial charge in [0.05, 0.1) is 0 Å². The molecule has 116 valence electrons. The van der Waals surface area contributed by atoms with Crippen LogP contribution in [0.2, 0.25) is 0 Å². The van der Waals surface area contributed by atoms with E-state index in [0.717, 1.165) is 5.69 Å². The lowest BCUT2D eigenvalue weighted by Crippen LogP contribution is -2.30. The molecule has 0 aliphatic rings. The fourth-order valence-corrected chi connectivity index (χ4v) is 2.14. The second kappa shape index (κ2) is 7.02. The minimum absolute atomic E-state index is 0.0699. The van der Waals surface area contributed by atoms with Crippen molar-refractivity contribution in [1.29, 1.82) is 0 Å². The summed E-state index contributed by atoms with van der Waals surface area (Å²) in [5.41, 5.74) is 2.55. The van der Waals surface area contributed by atoms with E-state index in [-0.39, 0.29) is 11.9 Å². The summed E-state index contributed by atoms with van der Waals surface area (Å²) in [6, 6.07) is 9.81. The Hall–Kier alpha value is -2.43. The molecule has 0 spiro atoms. The van der Waals surface area contributed by atoms with Crippen molar-refractivity contribution in [3.63, 3.8) is 0 Å². The predicted octanol–water partition coefficient (Wildman–Crippen LogP) is 3.48. The summed E-state index contributed by atoms with van der Waals surface area (Å²) in [4.78, 5) is 20.2. The number of hydrogen-bond donors (Lipinski definition) is 2. The van der Waals surface area contributed by atoms with Crippen molar-refractivity contribution in [3.8, 4) is 0 Å². The lowest BCUT2D eigenvalue weighted by atomic mass is 10.0. The number of hydrogen-bond acceptors (Lipinski definition) is 4. The number of benzene rings is 1. The summed E-state index contributed by atoms with van der Waals surface area (Å²) in [6.07, 6.45) is 1.40. The average molecular weight is 298 g/mol. The quantitative estimate of drug-likeness (QED) is 0.887. The Morgan fingerprint density at radius 3 is 2.50 bits per heavy atom. The fraction of sp³-hybridized carbons (Fsp3) is 0.353. The molecule has 5 heteroatoms. The molecule has 2 aromatic rings. The maximum atomic E-state index is 12.0. The monoisotopic (exact) mass is 298 g/mol. The van der Waals surface area contributed by atoms with Crippen LogP contribution < -0.4 is 10.6 Å². The minimum atomic E-state index is -0.197. The minimum Gasteiger partial charge on any atom is -0.349 e. The lowest BCUT2D eigenvalue weighted by Gasteiger charge is -2.14. The summed E-state index contributed by atoms with van der Waals surface area (Å²) in [5, 5.41) is 6.09. The third-order valence-electron chi connectivity index (χ3n) is 3.17. The molecule has 2 N–H and O–H groups in total. The first-order valence-electron chi connectivity index (χ1n) is 7.46. The lowest BCUT2D eigenvalue weighted by molar-refractivity contribution is 0.0938. The first-order chi connectivity index (χ1) is 10.5. The van der Waals surface area contributed by atoms with Gasteiger partial charge in [0.15, 0.2) is 0 Å². The molecule has 0 unspecified atom stereocenters. The molecule has 0 aliphatic carbocycles. The maximum Gasteiger partial charge on any atom is 0.270 e. The van der Waals surface area contributed by atoms with E-state index in [0.29, 0.717) is 17.4 Å². The molecule has 1 aromatic heterocycles. The van der Waals surface area contributed by atoms with Crippen LogP contribution in [0, 0.1) is 0 Å². The van der Waals surface area contributed by atoms with Crippen molar-refractivity contribution in [1.82, 2.24) is 15.3 Å². The van der Waals surface area contributed by atoms with Gasteiger partial charge in [-0.3, -0.25) is 4.79 Å². The normalized spacial score (nSPS) is 10.8. The molecule has 0 saturated carbocycles. The van der Waals surface area contributed by atoms with Gasteiger partial charge in [-0.25, -0.2) is 9.97 Å². The van der Waals surface area contributed by atoms with Crippen molar-refractivity contribution < 1.29 is 4.79 Å². The van der Waals surface area contributed by atoms with Gasteiger partial charge < -0.3 is 10.6 Å². The Balaban J connectivity index is 2.23. The smallest absolute Gasteiger partial charge is 0.270 e. The van der Waals surface area contributed by atoms with Gasteiger partial charge >= 0.3 is 0 Å². The molecule has 1 aromatic carbocycles. The molecule has 5 nitrogen and oxygen atoms in total. The first kappa shape index (κ1) is 15.9. The van der Waals surface area contributed by atoms with Gasteiger partial charge in [0, 0.05) is 17.8 Å². The van der Waals surface area contributed by atoms with Crippen molar-refractivity contribution >= 4 is 17.4 Å². The van der Waals surface area contributed by atoms with E-state index in [4.69, 9.17) is 0 Å². The Morgan fingerprint density at radius 1 is 1.09 bits per heavy atom. The molecule has 1 heterocycles. The average Bonchev–Trinajstić information content (AvgIpc) is 2.47. The molecular formula is C17H22N4O. The topological polar surface area (TPSA) is 66.9 Å². The van der Waals surface area contributed by atoms with Crippen molar-refractivity contribution in [3.05, 3.63) is 47.9 Å². The molecule has 1 amide bonds. The molecule has 0 atom stereocenters. The molecule has 0 radical (unpaired) electrons. The third kappa shape index (κ3) is 4.04. The van der Waals surface area contributed by atoms with Crippen LogP contribution in [0.3, 0.4) is 0 Å². The zero-order chi connectivity index (χ0) is 16.1. The van der Waals surface area contributed by atoms with E-state index in [2.05, 4.69) is 40.5 Å². The Labute approximate surface area is 131 Å². The second-order valence-electron chi connectivity index (χ2n) is 5.78. The van der Waals surface area contributed by atoms with Crippen LogP contribution in [0.25, 0.3) is 0 Å². The van der Waals surface area contributed by atoms with Gasteiger partial charge in [-0.2, -0.15) is 0 Å².